The number of hydrogen-bond acceptors (Lipinski definition) is 2. The van der Waals surface area contributed by atoms with Crippen molar-refractivity contribution in [2.24, 2.45) is 11.3 Å². The van der Waals surface area contributed by atoms with Crippen LogP contribution in [0.25, 0.3) is 0 Å². The standard InChI is InChI=1S/C18H36N2/c1-5-18(6-2,13-19-16-9-10-16)14-20(4)17-11-7-15(3)8-12-17/h15-17,19H,5-14H2,1-4H3. The molecule has 0 amide bonds. The molecule has 20 heavy (non-hydrogen) atoms. The van der Waals surface area contributed by atoms with Crippen molar-refractivity contribution in [3.05, 3.63) is 0 Å². The van der Waals surface area contributed by atoms with E-state index in [0.29, 0.717) is 5.41 Å². The van der Waals surface area contributed by atoms with Gasteiger partial charge < -0.3 is 10.2 Å². The van der Waals surface area contributed by atoms with Crippen molar-refractivity contribution in [3.63, 3.8) is 0 Å². The van der Waals surface area contributed by atoms with E-state index in [9.17, 15) is 0 Å². The van der Waals surface area contributed by atoms with Crippen LogP contribution in [0, 0.1) is 11.3 Å². The highest BCUT2D eigenvalue weighted by molar-refractivity contribution is 4.89. The van der Waals surface area contributed by atoms with Gasteiger partial charge in [0.25, 0.3) is 0 Å². The van der Waals surface area contributed by atoms with Gasteiger partial charge in [-0.15, -0.1) is 0 Å². The van der Waals surface area contributed by atoms with Crippen LogP contribution in [0.1, 0.15) is 72.1 Å². The molecular formula is C18H36N2. The Balaban J connectivity index is 1.85. The number of rotatable bonds is 8. The van der Waals surface area contributed by atoms with Gasteiger partial charge in [0.1, 0.15) is 0 Å². The molecule has 0 spiro atoms. The molecule has 2 saturated carbocycles. The van der Waals surface area contributed by atoms with Crippen molar-refractivity contribution in [1.82, 2.24) is 10.2 Å². The third-order valence-corrected chi connectivity index (χ3v) is 6.04. The summed E-state index contributed by atoms with van der Waals surface area (Å²) in [5.74, 6) is 0.957. The highest BCUT2D eigenvalue weighted by Gasteiger charge is 2.33. The Kier molecular flexibility index (Phi) is 5.92. The number of nitrogens with one attached hydrogen (secondary N) is 1. The minimum atomic E-state index is 0.487. The molecule has 0 bridgehead atoms. The van der Waals surface area contributed by atoms with Crippen LogP contribution >= 0.6 is 0 Å². The lowest BCUT2D eigenvalue weighted by molar-refractivity contribution is 0.0949. The zero-order valence-electron chi connectivity index (χ0n) is 14.3. The van der Waals surface area contributed by atoms with Gasteiger partial charge in [-0.25, -0.2) is 0 Å². The minimum absolute atomic E-state index is 0.487. The normalized spacial score (nSPS) is 28.1. The second-order valence-corrected chi connectivity index (χ2v) is 7.69. The first-order chi connectivity index (χ1) is 9.58. The number of nitrogens with zero attached hydrogens (tertiary/aromatic N) is 1. The molecule has 0 saturated heterocycles. The van der Waals surface area contributed by atoms with Crippen LogP contribution in [-0.2, 0) is 0 Å². The largest absolute Gasteiger partial charge is 0.313 e. The van der Waals surface area contributed by atoms with E-state index >= 15 is 0 Å². The predicted octanol–water partition coefficient (Wildman–Crippen LogP) is 4.06. The third kappa shape index (κ3) is 4.46. The van der Waals surface area contributed by atoms with Crippen LogP contribution in [0.3, 0.4) is 0 Å². The van der Waals surface area contributed by atoms with Gasteiger partial charge in [-0.3, -0.25) is 0 Å². The summed E-state index contributed by atoms with van der Waals surface area (Å²) >= 11 is 0. The molecule has 2 nitrogen and oxygen atoms in total. The van der Waals surface area contributed by atoms with Gasteiger partial charge in [0.05, 0.1) is 0 Å². The van der Waals surface area contributed by atoms with Crippen molar-refractivity contribution in [2.75, 3.05) is 20.1 Å². The molecule has 0 aromatic carbocycles. The van der Waals surface area contributed by atoms with Crippen molar-refractivity contribution in [3.8, 4) is 0 Å². The van der Waals surface area contributed by atoms with E-state index < -0.39 is 0 Å². The van der Waals surface area contributed by atoms with Gasteiger partial charge in [0.15, 0.2) is 0 Å². The summed E-state index contributed by atoms with van der Waals surface area (Å²) in [5.41, 5.74) is 0.487. The Hall–Kier alpha value is -0.0800. The Bertz CT molecular complexity index is 273. The monoisotopic (exact) mass is 280 g/mol. The zero-order valence-corrected chi connectivity index (χ0v) is 14.3. The molecule has 1 N–H and O–H groups in total. The van der Waals surface area contributed by atoms with E-state index in [-0.39, 0.29) is 0 Å². The lowest BCUT2D eigenvalue weighted by Crippen LogP contribution is -2.46. The lowest BCUT2D eigenvalue weighted by atomic mass is 9.80. The summed E-state index contributed by atoms with van der Waals surface area (Å²) in [6.07, 6.45) is 11.1. The SMILES string of the molecule is CCC(CC)(CNC1CC1)CN(C)C1CCC(C)CC1. The van der Waals surface area contributed by atoms with Crippen molar-refractivity contribution in [1.29, 1.82) is 0 Å². The van der Waals surface area contributed by atoms with E-state index in [1.54, 1.807) is 0 Å². The third-order valence-electron chi connectivity index (χ3n) is 6.04. The highest BCUT2D eigenvalue weighted by atomic mass is 15.1. The van der Waals surface area contributed by atoms with Gasteiger partial charge >= 0.3 is 0 Å². The Morgan fingerprint density at radius 3 is 2.10 bits per heavy atom. The van der Waals surface area contributed by atoms with Gasteiger partial charge in [0.2, 0.25) is 0 Å². The molecule has 118 valence electrons. The smallest absolute Gasteiger partial charge is 0.00926 e. The quantitative estimate of drug-likeness (QED) is 0.721. The van der Waals surface area contributed by atoms with Crippen LogP contribution in [-0.4, -0.2) is 37.1 Å². The second kappa shape index (κ2) is 7.26. The molecule has 0 aromatic heterocycles. The average molecular weight is 280 g/mol. The van der Waals surface area contributed by atoms with Gasteiger partial charge in [0, 0.05) is 25.2 Å². The average Bonchev–Trinajstić information content (AvgIpc) is 3.28. The maximum absolute atomic E-state index is 3.79. The summed E-state index contributed by atoms with van der Waals surface area (Å²) in [6, 6.07) is 1.68. The van der Waals surface area contributed by atoms with Gasteiger partial charge in [-0.1, -0.05) is 20.8 Å². The zero-order chi connectivity index (χ0) is 14.6. The van der Waals surface area contributed by atoms with Crippen molar-refractivity contribution < 1.29 is 0 Å². The molecule has 0 heterocycles. The van der Waals surface area contributed by atoms with Crippen LogP contribution in [0.2, 0.25) is 0 Å². The maximum atomic E-state index is 3.79. The topological polar surface area (TPSA) is 15.3 Å². The summed E-state index contributed by atoms with van der Waals surface area (Å²) in [5, 5.41) is 3.79. The maximum Gasteiger partial charge on any atom is 0.00926 e. The fourth-order valence-electron chi connectivity index (χ4n) is 3.77. The lowest BCUT2D eigenvalue weighted by Gasteiger charge is -2.41. The van der Waals surface area contributed by atoms with Gasteiger partial charge in [-0.2, -0.15) is 0 Å². The van der Waals surface area contributed by atoms with Crippen LogP contribution in [0.4, 0.5) is 0 Å². The summed E-state index contributed by atoms with van der Waals surface area (Å²) in [7, 11) is 2.37. The molecule has 2 fully saturated rings. The summed E-state index contributed by atoms with van der Waals surface area (Å²) < 4.78 is 0. The molecule has 2 heteroatoms. The Morgan fingerprint density at radius 2 is 1.60 bits per heavy atom. The van der Waals surface area contributed by atoms with E-state index in [2.05, 4.69) is 38.0 Å². The second-order valence-electron chi connectivity index (χ2n) is 7.69. The van der Waals surface area contributed by atoms with Crippen LogP contribution in [0.5, 0.6) is 0 Å². The van der Waals surface area contributed by atoms with Gasteiger partial charge in [-0.05, 0) is 69.7 Å². The molecule has 0 aliphatic heterocycles. The molecule has 0 aromatic rings. The first-order valence-corrected chi connectivity index (χ1v) is 9.02. The summed E-state index contributed by atoms with van der Waals surface area (Å²) in [4.78, 5) is 2.69. The number of hydrogen-bond donors (Lipinski definition) is 1. The first kappa shape index (κ1) is 16.3. The molecule has 0 radical (unpaired) electrons. The Labute approximate surface area is 126 Å². The minimum Gasteiger partial charge on any atom is -0.313 e. The van der Waals surface area contributed by atoms with E-state index in [1.807, 2.05) is 0 Å². The first-order valence-electron chi connectivity index (χ1n) is 9.02. The predicted molar refractivity (Wildman–Crippen MR) is 88.1 cm³/mol. The highest BCUT2D eigenvalue weighted by Crippen LogP contribution is 2.32. The van der Waals surface area contributed by atoms with Crippen LogP contribution < -0.4 is 5.32 Å². The van der Waals surface area contributed by atoms with Crippen molar-refractivity contribution >= 4 is 0 Å². The van der Waals surface area contributed by atoms with Crippen LogP contribution in [0.15, 0.2) is 0 Å². The fourth-order valence-corrected chi connectivity index (χ4v) is 3.77. The molecule has 2 rings (SSSR count). The van der Waals surface area contributed by atoms with E-state index in [0.717, 1.165) is 18.0 Å². The van der Waals surface area contributed by atoms with E-state index in [1.165, 1.54) is 64.5 Å². The molecule has 0 atom stereocenters. The Morgan fingerprint density at radius 1 is 1.00 bits per heavy atom. The van der Waals surface area contributed by atoms with E-state index in [4.69, 9.17) is 0 Å². The molecule has 0 unspecified atom stereocenters. The van der Waals surface area contributed by atoms with Crippen molar-refractivity contribution in [2.45, 2.75) is 84.2 Å². The summed E-state index contributed by atoms with van der Waals surface area (Å²) in [6.45, 7) is 9.68. The molecule has 2 aliphatic rings. The fraction of sp³-hybridized carbons (Fsp3) is 1.00. The molecular weight excluding hydrogens is 244 g/mol. The molecule has 2 aliphatic carbocycles.